The van der Waals surface area contributed by atoms with Gasteiger partial charge in [-0.05, 0) is 26.8 Å². The molecule has 3 aromatic heterocycles. The number of carbonyl (C=O) groups excluding carboxylic acids is 3. The van der Waals surface area contributed by atoms with E-state index < -0.39 is 12.1 Å². The third-order valence-corrected chi connectivity index (χ3v) is 5.43. The van der Waals surface area contributed by atoms with Gasteiger partial charge in [-0.1, -0.05) is 7.43 Å². The molecule has 264 valence electrons. The van der Waals surface area contributed by atoms with Crippen LogP contribution in [0.3, 0.4) is 0 Å². The van der Waals surface area contributed by atoms with Gasteiger partial charge in [0.05, 0.1) is 54.0 Å². The van der Waals surface area contributed by atoms with Crippen LogP contribution in [0.2, 0.25) is 0 Å². The maximum atomic E-state index is 11.2. The van der Waals surface area contributed by atoms with Gasteiger partial charge in [0.1, 0.15) is 0 Å². The average molecular weight is 675 g/mol. The van der Waals surface area contributed by atoms with Crippen LogP contribution in [0.4, 0.5) is 0 Å². The number of nitrogens with zero attached hydrogens (tertiary/aromatic N) is 6. The Morgan fingerprint density at radius 3 is 1.27 bits per heavy atom. The summed E-state index contributed by atoms with van der Waals surface area (Å²) in [6, 6.07) is -0.0719. The maximum Gasteiger partial charge on any atom is 0.330 e. The van der Waals surface area contributed by atoms with Gasteiger partial charge in [0, 0.05) is 72.0 Å². The number of esters is 3. The Hall–Kier alpha value is -5.29. The number of methoxy groups -OCH3 is 3. The summed E-state index contributed by atoms with van der Waals surface area (Å²) in [6.45, 7) is 6.32. The van der Waals surface area contributed by atoms with E-state index in [2.05, 4.69) is 29.9 Å². The fraction of sp³-hybridized carbons (Fsp3) is 0.452. The van der Waals surface area contributed by atoms with Crippen molar-refractivity contribution in [3.8, 4) is 18.0 Å². The summed E-state index contributed by atoms with van der Waals surface area (Å²) >= 11 is 0. The lowest BCUT2D eigenvalue weighted by atomic mass is 10.1. The molecule has 0 aliphatic rings. The summed E-state index contributed by atoms with van der Waals surface area (Å²) in [7, 11) is 4.45. The minimum absolute atomic E-state index is 0. The number of aromatic nitrogens is 6. The van der Waals surface area contributed by atoms with Crippen LogP contribution in [0, 0.1) is 0 Å². The molecule has 0 aliphatic carbocycles. The quantitative estimate of drug-likeness (QED) is 0.142. The molecule has 0 bridgehead atoms. The minimum atomic E-state index is -0.454. The van der Waals surface area contributed by atoms with Crippen molar-refractivity contribution in [1.29, 1.82) is 0 Å². The number of nitrogens with two attached hydrogens (primary N) is 2. The van der Waals surface area contributed by atoms with Gasteiger partial charge in [0.15, 0.2) is 0 Å². The molecule has 17 heteroatoms. The SMILES string of the molecule is C.CCOC(=O)/C=C/c1cnc(OC)nc1.CCOC(=O)CC(N)c1cnc(OC)nc1.CCOC(=O)C[C@H](N)c1cnc(OC)nc1. The Morgan fingerprint density at radius 1 is 0.625 bits per heavy atom. The van der Waals surface area contributed by atoms with Gasteiger partial charge < -0.3 is 39.9 Å². The van der Waals surface area contributed by atoms with E-state index in [1.807, 2.05) is 0 Å². The van der Waals surface area contributed by atoms with Crippen molar-refractivity contribution < 1.29 is 42.8 Å². The topological polar surface area (TPSA) is 236 Å². The van der Waals surface area contributed by atoms with Gasteiger partial charge in [-0.15, -0.1) is 0 Å². The van der Waals surface area contributed by atoms with Crippen LogP contribution in [0.5, 0.6) is 18.0 Å². The third kappa shape index (κ3) is 17.4. The molecule has 4 N–H and O–H groups in total. The first-order chi connectivity index (χ1) is 22.6. The number of rotatable bonds is 14. The predicted octanol–water partition coefficient (Wildman–Crippen LogP) is 2.57. The zero-order valence-electron chi connectivity index (χ0n) is 27.3. The van der Waals surface area contributed by atoms with Crippen LogP contribution in [0.15, 0.2) is 43.3 Å². The van der Waals surface area contributed by atoms with Crippen molar-refractivity contribution in [2.45, 2.75) is 53.1 Å². The lowest BCUT2D eigenvalue weighted by Gasteiger charge is -2.10. The molecule has 48 heavy (non-hydrogen) atoms. The van der Waals surface area contributed by atoms with Crippen LogP contribution >= 0.6 is 0 Å². The fourth-order valence-electron chi connectivity index (χ4n) is 3.15. The van der Waals surface area contributed by atoms with Crippen LogP contribution < -0.4 is 25.7 Å². The molecule has 1 unspecified atom stereocenters. The zero-order chi connectivity index (χ0) is 35.0. The smallest absolute Gasteiger partial charge is 0.330 e. The standard InChI is InChI=1S/2C10H15N3O3.C10H12N2O3.CH4/c2*1-3-16-9(14)4-8(11)7-5-12-10(15-2)13-6-7;1-3-15-9(13)5-4-8-6-11-10(14-2)12-7-8;/h2*5-6,8H,3-4,11H2,1-2H3;4-7H,3H2,1-2H3;1H4/b;;5-4+;/t8-;;;/m0.../s1. The summed E-state index contributed by atoms with van der Waals surface area (Å²) in [5.74, 6) is -1.04. The molecule has 3 rings (SSSR count). The van der Waals surface area contributed by atoms with Crippen molar-refractivity contribution in [3.05, 3.63) is 59.9 Å². The van der Waals surface area contributed by atoms with E-state index in [1.165, 1.54) is 52.2 Å². The Kier molecular flexibility index (Phi) is 22.1. The van der Waals surface area contributed by atoms with Gasteiger partial charge in [0.2, 0.25) is 0 Å². The van der Waals surface area contributed by atoms with E-state index >= 15 is 0 Å². The molecule has 0 saturated carbocycles. The zero-order valence-corrected chi connectivity index (χ0v) is 27.3. The van der Waals surface area contributed by atoms with Gasteiger partial charge in [-0.2, -0.15) is 0 Å². The maximum absolute atomic E-state index is 11.2. The van der Waals surface area contributed by atoms with Gasteiger partial charge in [0.25, 0.3) is 0 Å². The normalized spacial score (nSPS) is 11.2. The first-order valence-electron chi connectivity index (χ1n) is 14.4. The monoisotopic (exact) mass is 674 g/mol. The van der Waals surface area contributed by atoms with E-state index in [9.17, 15) is 14.4 Å². The molecule has 17 nitrogen and oxygen atoms in total. The molecular formula is C31H46N8O9. The highest BCUT2D eigenvalue weighted by atomic mass is 16.5. The minimum Gasteiger partial charge on any atom is -0.467 e. The molecule has 2 atom stereocenters. The summed E-state index contributed by atoms with van der Waals surface area (Å²) in [5.41, 5.74) is 13.7. The summed E-state index contributed by atoms with van der Waals surface area (Å²) in [6.07, 6.45) is 12.4. The number of hydrogen-bond acceptors (Lipinski definition) is 17. The molecule has 0 amide bonds. The highest BCUT2D eigenvalue weighted by molar-refractivity contribution is 5.86. The first-order valence-corrected chi connectivity index (χ1v) is 14.4. The molecule has 0 aromatic carbocycles. The van der Waals surface area contributed by atoms with Crippen molar-refractivity contribution >= 4 is 24.0 Å². The average Bonchev–Trinajstić information content (AvgIpc) is 3.08. The lowest BCUT2D eigenvalue weighted by Crippen LogP contribution is -2.17. The van der Waals surface area contributed by atoms with Crippen molar-refractivity contribution in [2.24, 2.45) is 11.5 Å². The molecule has 0 fully saturated rings. The second-order valence-corrected chi connectivity index (χ2v) is 8.83. The van der Waals surface area contributed by atoms with Crippen LogP contribution in [-0.2, 0) is 28.6 Å². The number of ether oxygens (including phenoxy) is 6. The van der Waals surface area contributed by atoms with E-state index in [0.29, 0.717) is 42.5 Å². The highest BCUT2D eigenvalue weighted by Crippen LogP contribution is 2.15. The summed E-state index contributed by atoms with van der Waals surface area (Å²) in [5, 5.41) is 0. The van der Waals surface area contributed by atoms with E-state index in [0.717, 1.165) is 0 Å². The molecule has 0 saturated heterocycles. The van der Waals surface area contributed by atoms with Crippen molar-refractivity contribution in [3.63, 3.8) is 0 Å². The van der Waals surface area contributed by atoms with Gasteiger partial charge in [-0.3, -0.25) is 9.59 Å². The van der Waals surface area contributed by atoms with Crippen LogP contribution in [-0.4, -0.2) is 89.0 Å². The van der Waals surface area contributed by atoms with E-state index in [1.54, 1.807) is 39.2 Å². The molecule has 3 aromatic rings. The Morgan fingerprint density at radius 2 is 0.958 bits per heavy atom. The van der Waals surface area contributed by atoms with Gasteiger partial charge >= 0.3 is 35.9 Å². The largest absolute Gasteiger partial charge is 0.467 e. The highest BCUT2D eigenvalue weighted by Gasteiger charge is 2.14. The van der Waals surface area contributed by atoms with Crippen LogP contribution in [0.1, 0.15) is 69.8 Å². The summed E-state index contributed by atoms with van der Waals surface area (Å²) in [4.78, 5) is 56.7. The number of carbonyl (C=O) groups is 3. The molecule has 0 radical (unpaired) electrons. The number of hydrogen-bond donors (Lipinski definition) is 2. The first kappa shape index (κ1) is 42.7. The molecular weight excluding hydrogens is 628 g/mol. The van der Waals surface area contributed by atoms with Crippen LogP contribution in [0.25, 0.3) is 6.08 Å². The van der Waals surface area contributed by atoms with Crippen molar-refractivity contribution in [1.82, 2.24) is 29.9 Å². The fourth-order valence-corrected chi connectivity index (χ4v) is 3.15. The Bertz CT molecular complexity index is 1290. The van der Waals surface area contributed by atoms with E-state index in [4.69, 9.17) is 39.9 Å². The summed E-state index contributed by atoms with van der Waals surface area (Å²) < 4.78 is 28.7. The Labute approximate surface area is 280 Å². The predicted molar refractivity (Wildman–Crippen MR) is 175 cm³/mol. The molecule has 0 aliphatic heterocycles. The Balaban J connectivity index is 0.000000684. The second kappa shape index (κ2) is 24.9. The second-order valence-electron chi connectivity index (χ2n) is 8.83. The van der Waals surface area contributed by atoms with E-state index in [-0.39, 0.29) is 50.2 Å². The third-order valence-electron chi connectivity index (χ3n) is 5.43. The van der Waals surface area contributed by atoms with Crippen molar-refractivity contribution in [2.75, 3.05) is 41.2 Å². The van der Waals surface area contributed by atoms with Gasteiger partial charge in [-0.25, -0.2) is 34.7 Å². The lowest BCUT2D eigenvalue weighted by molar-refractivity contribution is -0.144. The molecule has 3 heterocycles. The molecule has 0 spiro atoms.